The Bertz CT molecular complexity index is 701. The summed E-state index contributed by atoms with van der Waals surface area (Å²) in [4.78, 5) is 11.0. The minimum Gasteiger partial charge on any atom is -0.394 e. The van der Waals surface area contributed by atoms with Gasteiger partial charge >= 0.3 is 0 Å². The van der Waals surface area contributed by atoms with Gasteiger partial charge in [-0.1, -0.05) is 0 Å². The number of aromatic nitrogens is 4. The van der Waals surface area contributed by atoms with Crippen molar-refractivity contribution in [3.63, 3.8) is 0 Å². The summed E-state index contributed by atoms with van der Waals surface area (Å²) < 4.78 is 1.60. The summed E-state index contributed by atoms with van der Waals surface area (Å²) in [5.74, 6) is -0.126. The van der Waals surface area contributed by atoms with Gasteiger partial charge in [0, 0.05) is 24.5 Å². The molecule has 4 N–H and O–H groups in total. The second-order valence-electron chi connectivity index (χ2n) is 4.57. The molecule has 0 saturated carbocycles. The molecule has 0 bridgehead atoms. The largest absolute Gasteiger partial charge is 0.394 e. The zero-order valence-corrected chi connectivity index (χ0v) is 11.9. The van der Waals surface area contributed by atoms with Gasteiger partial charge in [0.2, 0.25) is 11.6 Å². The second-order valence-corrected chi connectivity index (χ2v) is 4.57. The lowest BCUT2D eigenvalue weighted by atomic mass is 10.1. The molecule has 2 aromatic heterocycles. The van der Waals surface area contributed by atoms with Gasteiger partial charge in [-0.25, -0.2) is 0 Å². The maximum absolute atomic E-state index is 11.0. The molecule has 8 nitrogen and oxygen atoms in total. The second kappa shape index (κ2) is 5.16. The average molecular weight is 275 g/mol. The first kappa shape index (κ1) is 13.8. The third-order valence-electron chi connectivity index (χ3n) is 3.02. The van der Waals surface area contributed by atoms with Crippen LogP contribution in [0, 0.1) is 13.8 Å². The number of rotatable bonds is 3. The molecule has 2 heterocycles. The van der Waals surface area contributed by atoms with Crippen LogP contribution in [0.25, 0.3) is 5.65 Å². The van der Waals surface area contributed by atoms with E-state index >= 15 is 0 Å². The third-order valence-corrected chi connectivity index (χ3v) is 3.02. The van der Waals surface area contributed by atoms with E-state index in [2.05, 4.69) is 26.2 Å². The highest BCUT2D eigenvalue weighted by atomic mass is 16.1. The van der Waals surface area contributed by atoms with E-state index < -0.39 is 0 Å². The van der Waals surface area contributed by atoms with E-state index in [-0.39, 0.29) is 5.91 Å². The summed E-state index contributed by atoms with van der Waals surface area (Å²) in [7, 11) is 0. The third kappa shape index (κ3) is 2.40. The quantitative estimate of drug-likeness (QED) is 0.761. The van der Waals surface area contributed by atoms with Crippen LogP contribution in [0.2, 0.25) is 0 Å². The summed E-state index contributed by atoms with van der Waals surface area (Å²) in [6.07, 6.45) is 1.68. The minimum atomic E-state index is -0.126. The predicted octanol–water partition coefficient (Wildman–Crippen LogP) is 0.733. The van der Waals surface area contributed by atoms with Crippen LogP contribution in [0.4, 0.5) is 11.4 Å². The monoisotopic (exact) mass is 275 g/mol. The zero-order chi connectivity index (χ0) is 14.9. The smallest absolute Gasteiger partial charge is 0.221 e. The zero-order valence-electron chi connectivity index (χ0n) is 11.9. The highest BCUT2D eigenvalue weighted by Crippen LogP contribution is 2.28. The molecule has 0 aliphatic rings. The Morgan fingerprint density at radius 3 is 2.70 bits per heavy atom. The van der Waals surface area contributed by atoms with Crippen LogP contribution in [0.3, 0.4) is 0 Å². The van der Waals surface area contributed by atoms with Gasteiger partial charge in [0.25, 0.3) is 0 Å². The van der Waals surface area contributed by atoms with Crippen LogP contribution in [0.1, 0.15) is 25.1 Å². The lowest BCUT2D eigenvalue weighted by Gasteiger charge is -2.13. The number of nitrogens with one attached hydrogen (secondary N) is 2. The summed E-state index contributed by atoms with van der Waals surface area (Å²) in [6, 6.07) is 0. The number of pyridine rings is 1. The Morgan fingerprint density at radius 1 is 1.35 bits per heavy atom. The molecule has 2 aromatic rings. The van der Waals surface area contributed by atoms with Crippen molar-refractivity contribution in [3.05, 3.63) is 23.2 Å². The Labute approximate surface area is 116 Å². The number of anilines is 2. The molecular weight excluding hydrogens is 258 g/mol. The molecule has 0 fully saturated rings. The van der Waals surface area contributed by atoms with Crippen molar-refractivity contribution in [1.29, 1.82) is 0 Å². The first-order valence-electron chi connectivity index (χ1n) is 6.09. The van der Waals surface area contributed by atoms with Crippen LogP contribution in [0.5, 0.6) is 0 Å². The number of hydrogen-bond acceptors (Lipinski definition) is 6. The van der Waals surface area contributed by atoms with Crippen molar-refractivity contribution in [2.45, 2.75) is 27.7 Å². The molecule has 0 saturated heterocycles. The lowest BCUT2D eigenvalue weighted by Crippen LogP contribution is -2.18. The molecule has 20 heavy (non-hydrogen) atoms. The molecule has 0 spiro atoms. The summed E-state index contributed by atoms with van der Waals surface area (Å²) in [6.45, 7) is 7.07. The number of fused-ring (bicyclic) bond motifs is 1. The summed E-state index contributed by atoms with van der Waals surface area (Å²) in [5, 5.41) is 17.2. The maximum atomic E-state index is 11.0. The van der Waals surface area contributed by atoms with Gasteiger partial charge in [-0.05, 0) is 36.8 Å². The number of allylic oxidation sites excluding steroid dienone is 1. The number of nitrogens with zero attached hydrogens (tertiary/aromatic N) is 4. The fraction of sp³-hybridized carbons (Fsp3) is 0.333. The number of carbonyl (C=O) groups is 1. The van der Waals surface area contributed by atoms with E-state index in [4.69, 9.17) is 5.73 Å². The SMILES string of the molecule is CC(=O)N/C(C)=C/Nc1c(C)c(C)n2nnnc2c1N. The highest BCUT2D eigenvalue weighted by Gasteiger charge is 2.14. The topological polar surface area (TPSA) is 110 Å². The molecule has 0 aliphatic carbocycles. The number of hydrogen-bond donors (Lipinski definition) is 3. The molecule has 0 aliphatic heterocycles. The van der Waals surface area contributed by atoms with Gasteiger partial charge in [-0.3, -0.25) is 4.79 Å². The van der Waals surface area contributed by atoms with Gasteiger partial charge < -0.3 is 16.4 Å². The van der Waals surface area contributed by atoms with E-state index in [0.717, 1.165) is 16.9 Å². The predicted molar refractivity (Wildman–Crippen MR) is 75.9 cm³/mol. The van der Waals surface area contributed by atoms with Crippen molar-refractivity contribution in [2.75, 3.05) is 11.1 Å². The van der Waals surface area contributed by atoms with Crippen molar-refractivity contribution in [1.82, 2.24) is 25.4 Å². The minimum absolute atomic E-state index is 0.126. The molecule has 0 atom stereocenters. The van der Waals surface area contributed by atoms with Gasteiger partial charge in [0.05, 0.1) is 5.69 Å². The van der Waals surface area contributed by atoms with Gasteiger partial charge in [0.1, 0.15) is 5.69 Å². The van der Waals surface area contributed by atoms with Gasteiger partial charge in [-0.15, -0.1) is 5.10 Å². The van der Waals surface area contributed by atoms with E-state index in [1.165, 1.54) is 6.92 Å². The molecule has 8 heteroatoms. The molecule has 0 unspecified atom stereocenters. The highest BCUT2D eigenvalue weighted by molar-refractivity contribution is 5.83. The number of nitrogen functional groups attached to an aromatic ring is 1. The van der Waals surface area contributed by atoms with Crippen molar-refractivity contribution in [2.24, 2.45) is 0 Å². The molecule has 2 rings (SSSR count). The van der Waals surface area contributed by atoms with Crippen LogP contribution in [0.15, 0.2) is 11.9 Å². The van der Waals surface area contributed by atoms with Crippen molar-refractivity contribution in [3.8, 4) is 0 Å². The molecule has 1 amide bonds. The van der Waals surface area contributed by atoms with Gasteiger partial charge in [-0.2, -0.15) is 4.52 Å². The van der Waals surface area contributed by atoms with Crippen molar-refractivity contribution >= 4 is 22.9 Å². The Morgan fingerprint density at radius 2 is 2.05 bits per heavy atom. The summed E-state index contributed by atoms with van der Waals surface area (Å²) >= 11 is 0. The van der Waals surface area contributed by atoms with E-state index in [1.54, 1.807) is 17.6 Å². The number of amides is 1. The molecule has 0 radical (unpaired) electrons. The molecule has 0 aromatic carbocycles. The van der Waals surface area contributed by atoms with Crippen LogP contribution >= 0.6 is 0 Å². The number of aryl methyl sites for hydroxylation is 1. The van der Waals surface area contributed by atoms with Gasteiger partial charge in [0.15, 0.2) is 0 Å². The van der Waals surface area contributed by atoms with Crippen LogP contribution in [-0.2, 0) is 4.79 Å². The van der Waals surface area contributed by atoms with Crippen LogP contribution < -0.4 is 16.4 Å². The standard InChI is InChI=1S/C12H17N7O/c1-6(15-9(4)20)5-14-11-7(2)8(3)19-12(10(11)13)16-17-18-19/h5,14H,13H2,1-4H3,(H,15,20)/b6-5+. The van der Waals surface area contributed by atoms with E-state index in [1.807, 2.05) is 13.8 Å². The molecular formula is C12H17N7O. The first-order valence-corrected chi connectivity index (χ1v) is 6.09. The summed E-state index contributed by atoms with van der Waals surface area (Å²) in [5.41, 5.74) is 10.3. The first-order chi connectivity index (χ1) is 9.41. The average Bonchev–Trinajstić information content (AvgIpc) is 2.84. The maximum Gasteiger partial charge on any atom is 0.221 e. The Hall–Kier alpha value is -2.64. The lowest BCUT2D eigenvalue weighted by molar-refractivity contribution is -0.118. The van der Waals surface area contributed by atoms with Crippen molar-refractivity contribution < 1.29 is 4.79 Å². The normalized spacial score (nSPS) is 11.7. The number of tetrazole rings is 1. The number of carbonyl (C=O) groups excluding carboxylic acids is 1. The Balaban J connectivity index is 2.42. The van der Waals surface area contributed by atoms with Crippen LogP contribution in [-0.4, -0.2) is 25.9 Å². The fourth-order valence-electron chi connectivity index (χ4n) is 1.91. The fourth-order valence-corrected chi connectivity index (χ4v) is 1.91. The van der Waals surface area contributed by atoms with E-state index in [0.29, 0.717) is 17.0 Å². The number of nitrogens with two attached hydrogens (primary N) is 1. The van der Waals surface area contributed by atoms with E-state index in [9.17, 15) is 4.79 Å². The molecule has 106 valence electrons. The Kier molecular flexibility index (Phi) is 3.55.